The second-order valence-electron chi connectivity index (χ2n) is 18.3. The Labute approximate surface area is 354 Å². The third-order valence-electron chi connectivity index (χ3n) is 11.0. The summed E-state index contributed by atoms with van der Waals surface area (Å²) in [5, 5.41) is 2.21. The summed E-state index contributed by atoms with van der Waals surface area (Å²) in [5.41, 5.74) is 7.22. The second-order valence-corrected chi connectivity index (χ2v) is 18.3. The molecule has 0 saturated carbocycles. The van der Waals surface area contributed by atoms with Gasteiger partial charge in [0.25, 0.3) is 6.33 Å². The van der Waals surface area contributed by atoms with E-state index in [-0.39, 0.29) is 40.6 Å². The molecule has 0 saturated heterocycles. The van der Waals surface area contributed by atoms with Crippen molar-refractivity contribution in [3.05, 3.63) is 169 Å². The highest BCUT2D eigenvalue weighted by Gasteiger charge is 2.28. The Hall–Kier alpha value is -6.53. The summed E-state index contributed by atoms with van der Waals surface area (Å²) in [7, 11) is 0. The highest BCUT2D eigenvalue weighted by atomic mass is 16.5. The first-order valence-corrected chi connectivity index (χ1v) is 20.1. The van der Waals surface area contributed by atoms with Crippen molar-refractivity contribution >= 4 is 32.8 Å². The van der Waals surface area contributed by atoms with Gasteiger partial charge in [-0.3, -0.25) is 18.7 Å². The lowest BCUT2D eigenvalue weighted by Gasteiger charge is -2.30. The minimum Gasteiger partial charge on any atom is -0.458 e. The average molecular weight is 779 g/mol. The summed E-state index contributed by atoms with van der Waals surface area (Å²) in [6, 6.07) is 32.8. The van der Waals surface area contributed by atoms with Crippen LogP contribution in [0.1, 0.15) is 85.9 Å². The van der Waals surface area contributed by atoms with E-state index in [4.69, 9.17) is 21.6 Å². The summed E-state index contributed by atoms with van der Waals surface area (Å²) in [6.45, 7) is 19.3. The van der Waals surface area contributed by atoms with Crippen LogP contribution < -0.4 is 9.30 Å². The maximum atomic E-state index is 9.16. The summed E-state index contributed by atoms with van der Waals surface area (Å²) >= 11 is 0. The summed E-state index contributed by atoms with van der Waals surface area (Å²) in [4.78, 5) is 9.66. The first kappa shape index (κ1) is 32.4. The fourth-order valence-corrected chi connectivity index (χ4v) is 7.86. The van der Waals surface area contributed by atoms with E-state index >= 15 is 0 Å². The molecule has 4 aromatic heterocycles. The molecule has 9 rings (SSSR count). The van der Waals surface area contributed by atoms with Crippen LogP contribution in [0.15, 0.2) is 146 Å². The maximum absolute atomic E-state index is 9.16. The van der Waals surface area contributed by atoms with E-state index in [2.05, 4.69) is 128 Å². The number of nitrogens with zero attached hydrogens (tertiary/aromatic N) is 5. The van der Waals surface area contributed by atoms with Crippen molar-refractivity contribution in [2.75, 3.05) is 0 Å². The van der Waals surface area contributed by atoms with Gasteiger partial charge in [0.2, 0.25) is 0 Å². The summed E-state index contributed by atoms with van der Waals surface area (Å²) in [5.74, 6) is 2.61. The third kappa shape index (κ3) is 6.97. The van der Waals surface area contributed by atoms with Crippen molar-refractivity contribution in [3.63, 3.8) is 0 Å². The van der Waals surface area contributed by atoms with Crippen LogP contribution in [-0.2, 0) is 16.2 Å². The van der Waals surface area contributed by atoms with Gasteiger partial charge in [0, 0.05) is 35.3 Å². The Morgan fingerprint density at radius 3 is 2.00 bits per heavy atom. The van der Waals surface area contributed by atoms with E-state index in [1.165, 1.54) is 5.56 Å². The Balaban J connectivity index is 1.21. The van der Waals surface area contributed by atoms with Crippen molar-refractivity contribution in [1.29, 1.82) is 0 Å². The molecule has 6 heteroatoms. The zero-order valence-electron chi connectivity index (χ0n) is 40.1. The number of rotatable bonds is 6. The van der Waals surface area contributed by atoms with Crippen LogP contribution >= 0.6 is 0 Å². The number of hydrogen-bond donors (Lipinski definition) is 0. The smallest absolute Gasteiger partial charge is 0.271 e. The monoisotopic (exact) mass is 778 g/mol. The normalized spacial score (nSPS) is 13.7. The van der Waals surface area contributed by atoms with Crippen molar-refractivity contribution < 1.29 is 16.2 Å². The molecule has 0 spiro atoms. The lowest BCUT2D eigenvalue weighted by atomic mass is 9.76. The van der Waals surface area contributed by atoms with Gasteiger partial charge < -0.3 is 4.74 Å². The van der Waals surface area contributed by atoms with Gasteiger partial charge >= 0.3 is 0 Å². The Morgan fingerprint density at radius 1 is 0.593 bits per heavy atom. The summed E-state index contributed by atoms with van der Waals surface area (Å²) in [6.07, 6.45) is 7.18. The molecule has 0 amide bonds. The molecule has 4 heterocycles. The van der Waals surface area contributed by atoms with E-state index in [9.17, 15) is 0 Å². The molecule has 0 aliphatic heterocycles. The molecule has 9 aromatic rings. The molecular weight excluding hydrogens is 723 g/mol. The van der Waals surface area contributed by atoms with Gasteiger partial charge in [-0.1, -0.05) is 141 Å². The molecule has 0 fully saturated rings. The molecule has 0 aliphatic carbocycles. The molecule has 0 aliphatic rings. The number of ether oxygens (including phenoxy) is 1. The molecule has 0 atom stereocenters. The lowest BCUT2D eigenvalue weighted by molar-refractivity contribution is -0.571. The number of imidazole rings is 1. The van der Waals surface area contributed by atoms with Gasteiger partial charge in [0.05, 0.1) is 34.6 Å². The highest BCUT2D eigenvalue weighted by molar-refractivity contribution is 6.09. The van der Waals surface area contributed by atoms with Gasteiger partial charge in [-0.25, -0.2) is 4.98 Å². The largest absolute Gasteiger partial charge is 0.458 e. The highest BCUT2D eigenvalue weighted by Crippen LogP contribution is 2.41. The second kappa shape index (κ2) is 14.1. The van der Waals surface area contributed by atoms with Gasteiger partial charge in [-0.15, -0.1) is 0 Å². The molecule has 0 unspecified atom stereocenters. The van der Waals surface area contributed by atoms with E-state index in [0.717, 1.165) is 49.8 Å². The molecular formula is C53H51N5O. The molecule has 59 heavy (non-hydrogen) atoms. The minimum absolute atomic E-state index is 0.0516. The molecule has 5 aromatic carbocycles. The lowest BCUT2D eigenvalue weighted by Crippen LogP contribution is -2.33. The predicted octanol–water partition coefficient (Wildman–Crippen LogP) is 12.9. The average Bonchev–Trinajstić information content (AvgIpc) is 3.80. The first-order valence-electron chi connectivity index (χ1n) is 22.6. The zero-order chi connectivity index (χ0) is 45.6. The van der Waals surface area contributed by atoms with Crippen molar-refractivity contribution in [3.8, 4) is 39.9 Å². The van der Waals surface area contributed by atoms with Crippen LogP contribution in [0.5, 0.6) is 11.5 Å². The standard InChI is InChI=1S/C53H51N5O/c1-51(2,3)36-25-27-55-49(31-36)58-43-20-14-13-19-40(43)41-24-23-38(32-46(41)58)59-39-26-28-54-48(33-39)57-34-56(44-21-15-16-22-45(44)57)47-30-37(52(4,5)6)29-42(53(7,8)9)50(47)35-17-11-10-12-18-35/h10-33H,1-9H3/i10D,11D,12D,17D,18D. The maximum Gasteiger partial charge on any atom is 0.271 e. The number of hydrogen-bond acceptors (Lipinski definition) is 3. The number of pyridine rings is 2. The van der Waals surface area contributed by atoms with Crippen LogP contribution in [0, 0.1) is 6.33 Å². The fourth-order valence-electron chi connectivity index (χ4n) is 7.86. The number of benzene rings is 5. The SMILES string of the molecule is [2H]c1c([2H])c([2H])c(-c2c(-[n+]3[c-]n(-c4cc(Oc5ccc6c7ccccc7n(-c7cc(C(C)(C)C)ccn7)c6c5)ccn4)c4ccccc43)cc(C(C)(C)C)cc2C(C)(C)C)c([2H])c1[2H]. The Morgan fingerprint density at radius 2 is 1.25 bits per heavy atom. The van der Waals surface area contributed by atoms with Crippen molar-refractivity contribution in [1.82, 2.24) is 19.1 Å². The molecule has 0 radical (unpaired) electrons. The van der Waals surface area contributed by atoms with Crippen LogP contribution in [0.3, 0.4) is 0 Å². The van der Waals surface area contributed by atoms with Gasteiger partial charge in [0.15, 0.2) is 5.82 Å². The van der Waals surface area contributed by atoms with Crippen molar-refractivity contribution in [2.45, 2.75) is 78.6 Å². The van der Waals surface area contributed by atoms with E-state index < -0.39 is 11.5 Å². The Bertz CT molecular complexity index is 3300. The fraction of sp³-hybridized carbons (Fsp3) is 0.226. The van der Waals surface area contributed by atoms with Crippen LogP contribution in [0.25, 0.3) is 61.3 Å². The van der Waals surface area contributed by atoms with Gasteiger partial charge in [0.1, 0.15) is 17.3 Å². The topological polar surface area (TPSA) is 48.8 Å². The Kier molecular flexibility index (Phi) is 7.74. The zero-order valence-corrected chi connectivity index (χ0v) is 35.1. The van der Waals surface area contributed by atoms with Crippen LogP contribution in [-0.4, -0.2) is 19.1 Å². The molecule has 0 N–H and O–H groups in total. The first-order chi connectivity index (χ1) is 30.2. The van der Waals surface area contributed by atoms with E-state index in [1.54, 1.807) is 6.20 Å². The van der Waals surface area contributed by atoms with Gasteiger partial charge in [-0.05, 0) is 86.5 Å². The molecule has 6 nitrogen and oxygen atoms in total. The van der Waals surface area contributed by atoms with Crippen LogP contribution in [0.4, 0.5) is 0 Å². The van der Waals surface area contributed by atoms with Gasteiger partial charge in [-0.2, -0.15) is 0 Å². The number of fused-ring (bicyclic) bond motifs is 4. The molecule has 294 valence electrons. The predicted molar refractivity (Wildman–Crippen MR) is 242 cm³/mol. The number of aromatic nitrogens is 5. The van der Waals surface area contributed by atoms with Crippen molar-refractivity contribution in [2.24, 2.45) is 0 Å². The molecule has 0 bridgehead atoms. The number of para-hydroxylation sites is 3. The van der Waals surface area contributed by atoms with E-state index in [1.807, 2.05) is 63.9 Å². The minimum atomic E-state index is -0.481. The van der Waals surface area contributed by atoms with Crippen LogP contribution in [0.2, 0.25) is 0 Å². The summed E-state index contributed by atoms with van der Waals surface area (Å²) < 4.78 is 56.7. The quantitative estimate of drug-likeness (QED) is 0.125. The third-order valence-corrected chi connectivity index (χ3v) is 11.0. The van der Waals surface area contributed by atoms with E-state index in [0.29, 0.717) is 28.6 Å².